The third-order valence-electron chi connectivity index (χ3n) is 3.44. The standard InChI is InChI=1S/C18H21N3O2S/c1-4-13(2)19-17(23)11-10-15-12-24-18(20-15)21(14(3)22)16-8-6-5-7-9-16/h5-13H,4H2,1-3H3,(H,19,23)/b11-10+. The minimum absolute atomic E-state index is 0.111. The fourth-order valence-corrected chi connectivity index (χ4v) is 2.87. The maximum absolute atomic E-state index is 12.0. The second-order valence-corrected chi connectivity index (χ2v) is 6.23. The zero-order chi connectivity index (χ0) is 17.5. The monoisotopic (exact) mass is 343 g/mol. The maximum Gasteiger partial charge on any atom is 0.244 e. The van der Waals surface area contributed by atoms with Gasteiger partial charge in [-0.25, -0.2) is 4.98 Å². The largest absolute Gasteiger partial charge is 0.350 e. The van der Waals surface area contributed by atoms with E-state index in [4.69, 9.17) is 0 Å². The number of hydrogen-bond donors (Lipinski definition) is 1. The highest BCUT2D eigenvalue weighted by Crippen LogP contribution is 2.28. The Hall–Kier alpha value is -2.47. The van der Waals surface area contributed by atoms with Gasteiger partial charge < -0.3 is 5.32 Å². The van der Waals surface area contributed by atoms with Crippen LogP contribution in [0.1, 0.15) is 32.9 Å². The van der Waals surface area contributed by atoms with Gasteiger partial charge in [0.05, 0.1) is 11.4 Å². The number of hydrogen-bond acceptors (Lipinski definition) is 4. The number of aromatic nitrogens is 1. The Morgan fingerprint density at radius 3 is 2.67 bits per heavy atom. The minimum atomic E-state index is -0.148. The van der Waals surface area contributed by atoms with Crippen molar-refractivity contribution < 1.29 is 9.59 Å². The van der Waals surface area contributed by atoms with Crippen LogP contribution in [0, 0.1) is 0 Å². The molecule has 0 fully saturated rings. The maximum atomic E-state index is 12.0. The molecule has 1 N–H and O–H groups in total. The van der Waals surface area contributed by atoms with Crippen molar-refractivity contribution in [2.24, 2.45) is 0 Å². The molecule has 0 saturated carbocycles. The molecule has 2 aromatic rings. The topological polar surface area (TPSA) is 62.3 Å². The molecule has 126 valence electrons. The summed E-state index contributed by atoms with van der Waals surface area (Å²) in [6.45, 7) is 5.47. The number of amides is 2. The summed E-state index contributed by atoms with van der Waals surface area (Å²) in [6, 6.07) is 9.50. The molecule has 1 atom stereocenters. The number of anilines is 2. The smallest absolute Gasteiger partial charge is 0.244 e. The Morgan fingerprint density at radius 2 is 2.04 bits per heavy atom. The summed E-state index contributed by atoms with van der Waals surface area (Å²) in [6.07, 6.45) is 4.00. The van der Waals surface area contributed by atoms with Crippen molar-refractivity contribution >= 4 is 40.0 Å². The highest BCUT2D eigenvalue weighted by Gasteiger charge is 2.17. The van der Waals surface area contributed by atoms with Crippen LogP contribution in [0.2, 0.25) is 0 Å². The highest BCUT2D eigenvalue weighted by molar-refractivity contribution is 7.14. The average Bonchev–Trinajstić information content (AvgIpc) is 3.02. The van der Waals surface area contributed by atoms with Crippen LogP contribution in [-0.2, 0) is 9.59 Å². The summed E-state index contributed by atoms with van der Waals surface area (Å²) in [5.74, 6) is -0.258. The van der Waals surface area contributed by atoms with E-state index in [1.165, 1.54) is 24.3 Å². The Bertz CT molecular complexity index is 725. The first-order valence-electron chi connectivity index (χ1n) is 7.81. The van der Waals surface area contributed by atoms with Crippen LogP contribution in [0.3, 0.4) is 0 Å². The molecule has 1 unspecified atom stereocenters. The van der Waals surface area contributed by atoms with Gasteiger partial charge >= 0.3 is 0 Å². The van der Waals surface area contributed by atoms with E-state index in [9.17, 15) is 9.59 Å². The number of carbonyl (C=O) groups is 2. The van der Waals surface area contributed by atoms with Gasteiger partial charge in [-0.3, -0.25) is 14.5 Å². The summed E-state index contributed by atoms with van der Waals surface area (Å²) in [4.78, 5) is 29.7. The first kappa shape index (κ1) is 17.9. The molecule has 0 aliphatic carbocycles. The second kappa shape index (κ2) is 8.40. The minimum Gasteiger partial charge on any atom is -0.350 e. The lowest BCUT2D eigenvalue weighted by atomic mass is 10.2. The lowest BCUT2D eigenvalue weighted by Gasteiger charge is -2.17. The first-order chi connectivity index (χ1) is 11.5. The summed E-state index contributed by atoms with van der Waals surface area (Å²) in [5.41, 5.74) is 1.42. The van der Waals surface area contributed by atoms with Crippen molar-refractivity contribution in [3.8, 4) is 0 Å². The van der Waals surface area contributed by atoms with Crippen molar-refractivity contribution in [1.82, 2.24) is 10.3 Å². The van der Waals surface area contributed by atoms with E-state index in [0.29, 0.717) is 10.8 Å². The molecule has 0 aliphatic rings. The number of thiazole rings is 1. The number of rotatable bonds is 6. The van der Waals surface area contributed by atoms with Gasteiger partial charge in [0.1, 0.15) is 0 Å². The molecule has 0 bridgehead atoms. The number of para-hydroxylation sites is 1. The molecule has 0 saturated heterocycles. The van der Waals surface area contributed by atoms with E-state index < -0.39 is 0 Å². The molecule has 24 heavy (non-hydrogen) atoms. The zero-order valence-corrected chi connectivity index (χ0v) is 14.8. The van der Waals surface area contributed by atoms with E-state index >= 15 is 0 Å². The van der Waals surface area contributed by atoms with E-state index in [1.54, 1.807) is 11.0 Å². The molecule has 0 spiro atoms. The van der Waals surface area contributed by atoms with Crippen molar-refractivity contribution in [3.05, 3.63) is 47.5 Å². The van der Waals surface area contributed by atoms with Crippen molar-refractivity contribution in [3.63, 3.8) is 0 Å². The van der Waals surface area contributed by atoms with Crippen molar-refractivity contribution in [2.75, 3.05) is 4.90 Å². The summed E-state index contributed by atoms with van der Waals surface area (Å²) in [5, 5.41) is 5.26. The van der Waals surface area contributed by atoms with Gasteiger partial charge in [-0.2, -0.15) is 0 Å². The zero-order valence-electron chi connectivity index (χ0n) is 14.0. The molecule has 6 heteroatoms. The van der Waals surface area contributed by atoms with Crippen LogP contribution in [-0.4, -0.2) is 22.8 Å². The van der Waals surface area contributed by atoms with E-state index in [1.807, 2.05) is 49.6 Å². The summed E-state index contributed by atoms with van der Waals surface area (Å²) < 4.78 is 0. The Balaban J connectivity index is 2.14. The van der Waals surface area contributed by atoms with Crippen LogP contribution in [0.4, 0.5) is 10.8 Å². The summed E-state index contributed by atoms with van der Waals surface area (Å²) >= 11 is 1.36. The second-order valence-electron chi connectivity index (χ2n) is 5.40. The van der Waals surface area contributed by atoms with Gasteiger partial charge in [0, 0.05) is 24.4 Å². The van der Waals surface area contributed by atoms with Crippen LogP contribution < -0.4 is 10.2 Å². The van der Waals surface area contributed by atoms with Gasteiger partial charge in [-0.15, -0.1) is 11.3 Å². The molecule has 5 nitrogen and oxygen atoms in total. The van der Waals surface area contributed by atoms with Crippen LogP contribution in [0.15, 0.2) is 41.8 Å². The Labute approximate surface area is 146 Å². The first-order valence-corrected chi connectivity index (χ1v) is 8.69. The predicted molar refractivity (Wildman–Crippen MR) is 98.3 cm³/mol. The molecule has 2 amide bonds. The molecule has 1 aromatic carbocycles. The molecule has 1 aromatic heterocycles. The van der Waals surface area contributed by atoms with Crippen LogP contribution in [0.25, 0.3) is 6.08 Å². The van der Waals surface area contributed by atoms with Gasteiger partial charge in [0.15, 0.2) is 5.13 Å². The van der Waals surface area contributed by atoms with Crippen LogP contribution in [0.5, 0.6) is 0 Å². The van der Waals surface area contributed by atoms with E-state index in [0.717, 1.165) is 12.1 Å². The lowest BCUT2D eigenvalue weighted by Crippen LogP contribution is -2.30. The van der Waals surface area contributed by atoms with Crippen LogP contribution >= 0.6 is 11.3 Å². The summed E-state index contributed by atoms with van der Waals surface area (Å²) in [7, 11) is 0. The SMILES string of the molecule is CCC(C)NC(=O)/C=C/c1csc(N(C(C)=O)c2ccccc2)n1. The Kier molecular flexibility index (Phi) is 6.26. The van der Waals surface area contributed by atoms with Crippen molar-refractivity contribution in [1.29, 1.82) is 0 Å². The molecule has 2 rings (SSSR count). The molecular formula is C18H21N3O2S. The number of nitrogens with one attached hydrogen (secondary N) is 1. The third kappa shape index (κ3) is 4.76. The average molecular weight is 343 g/mol. The quantitative estimate of drug-likeness (QED) is 0.813. The van der Waals surface area contributed by atoms with Gasteiger partial charge in [-0.05, 0) is 31.6 Å². The van der Waals surface area contributed by atoms with Gasteiger partial charge in [0.2, 0.25) is 11.8 Å². The number of benzene rings is 1. The van der Waals surface area contributed by atoms with Gasteiger partial charge in [0.25, 0.3) is 0 Å². The van der Waals surface area contributed by atoms with Gasteiger partial charge in [-0.1, -0.05) is 25.1 Å². The molecule has 0 aliphatic heterocycles. The van der Waals surface area contributed by atoms with E-state index in [-0.39, 0.29) is 17.9 Å². The normalized spacial score (nSPS) is 12.1. The number of carbonyl (C=O) groups excluding carboxylic acids is 2. The third-order valence-corrected chi connectivity index (χ3v) is 4.28. The Morgan fingerprint density at radius 1 is 1.33 bits per heavy atom. The molecular weight excluding hydrogens is 322 g/mol. The molecule has 1 heterocycles. The fourth-order valence-electron chi connectivity index (χ4n) is 2.01. The predicted octanol–water partition coefficient (Wildman–Crippen LogP) is 3.76. The number of nitrogens with zero attached hydrogens (tertiary/aromatic N) is 2. The van der Waals surface area contributed by atoms with E-state index in [2.05, 4.69) is 10.3 Å². The highest BCUT2D eigenvalue weighted by atomic mass is 32.1. The fraction of sp³-hybridized carbons (Fsp3) is 0.278. The lowest BCUT2D eigenvalue weighted by molar-refractivity contribution is -0.117. The molecule has 0 radical (unpaired) electrons. The van der Waals surface area contributed by atoms with Crippen molar-refractivity contribution in [2.45, 2.75) is 33.2 Å².